The molecule has 3 N–H and O–H groups in total. The van der Waals surface area contributed by atoms with E-state index >= 15 is 0 Å². The number of nitrogens with one attached hydrogen (secondary N) is 1. The first-order valence-corrected chi connectivity index (χ1v) is 7.77. The van der Waals surface area contributed by atoms with Gasteiger partial charge in [-0.1, -0.05) is 0 Å². The van der Waals surface area contributed by atoms with E-state index in [2.05, 4.69) is 15.4 Å². The molecule has 0 fully saturated rings. The molecule has 0 aliphatic rings. The number of nitrogens with zero attached hydrogens (tertiary/aromatic N) is 2. The number of nitrogens with two attached hydrogens (primary N) is 1. The largest absolute Gasteiger partial charge is 0.497 e. The van der Waals surface area contributed by atoms with Crippen LogP contribution >= 0.6 is 0 Å². The maximum Gasteiger partial charge on any atom is 0.271 e. The molecule has 0 spiro atoms. The van der Waals surface area contributed by atoms with E-state index < -0.39 is 5.91 Å². The molecule has 2 aromatic carbocycles. The van der Waals surface area contributed by atoms with Crippen molar-refractivity contribution in [2.45, 2.75) is 6.61 Å². The van der Waals surface area contributed by atoms with Crippen molar-refractivity contribution in [2.75, 3.05) is 14.2 Å². The lowest BCUT2D eigenvalue weighted by molar-refractivity contribution is 0.0996. The molecule has 1 amide bonds. The summed E-state index contributed by atoms with van der Waals surface area (Å²) in [7, 11) is 3.19. The number of hydrogen-bond donors (Lipinski definition) is 2. The second kappa shape index (κ2) is 7.56. The summed E-state index contributed by atoms with van der Waals surface area (Å²) in [6.45, 7) is 0.271. The molecule has 0 saturated carbocycles. The maximum atomic E-state index is 11.5. The van der Waals surface area contributed by atoms with Crippen molar-refractivity contribution < 1.29 is 19.0 Å². The van der Waals surface area contributed by atoms with Crippen molar-refractivity contribution in [3.05, 3.63) is 53.7 Å². The molecule has 0 atom stereocenters. The van der Waals surface area contributed by atoms with Crippen LogP contribution in [-0.2, 0) is 6.61 Å². The summed E-state index contributed by atoms with van der Waals surface area (Å²) >= 11 is 0. The van der Waals surface area contributed by atoms with Crippen molar-refractivity contribution in [1.82, 2.24) is 15.4 Å². The van der Waals surface area contributed by atoms with Crippen LogP contribution in [-0.4, -0.2) is 35.5 Å². The molecule has 8 heteroatoms. The van der Waals surface area contributed by atoms with Gasteiger partial charge in [0.15, 0.2) is 5.69 Å². The van der Waals surface area contributed by atoms with Crippen molar-refractivity contribution in [1.29, 1.82) is 0 Å². The number of carbonyl (C=O) groups excluding carboxylic acids is 1. The number of rotatable bonds is 7. The Morgan fingerprint density at radius 3 is 2.42 bits per heavy atom. The van der Waals surface area contributed by atoms with Crippen LogP contribution in [0.4, 0.5) is 0 Å². The predicted octanol–water partition coefficient (Wildman–Crippen LogP) is 2.17. The highest BCUT2D eigenvalue weighted by molar-refractivity contribution is 5.96. The molecule has 8 nitrogen and oxygen atoms in total. The fourth-order valence-electron chi connectivity index (χ4n) is 2.48. The molecule has 1 aromatic heterocycles. The Bertz CT molecular complexity index is 906. The Hall–Kier alpha value is -3.55. The Morgan fingerprint density at radius 2 is 1.77 bits per heavy atom. The fraction of sp³-hybridized carbons (Fsp3) is 0.167. The molecule has 0 aliphatic heterocycles. The molecular formula is C18H18N4O4. The van der Waals surface area contributed by atoms with Crippen molar-refractivity contribution in [2.24, 2.45) is 5.73 Å². The molecular weight excluding hydrogens is 336 g/mol. The molecule has 3 rings (SSSR count). The van der Waals surface area contributed by atoms with Crippen LogP contribution in [0.5, 0.6) is 17.2 Å². The second-order valence-electron chi connectivity index (χ2n) is 5.38. The first kappa shape index (κ1) is 17.3. The summed E-state index contributed by atoms with van der Waals surface area (Å²) in [6.07, 6.45) is 0. The molecule has 0 bridgehead atoms. The zero-order valence-electron chi connectivity index (χ0n) is 14.4. The Morgan fingerprint density at radius 1 is 1.04 bits per heavy atom. The maximum absolute atomic E-state index is 11.5. The van der Waals surface area contributed by atoms with Crippen molar-refractivity contribution in [3.63, 3.8) is 0 Å². The Kier molecular flexibility index (Phi) is 5.02. The van der Waals surface area contributed by atoms with Crippen LogP contribution < -0.4 is 19.9 Å². The summed E-state index contributed by atoms with van der Waals surface area (Å²) in [5.41, 5.74) is 7.26. The molecule has 1 heterocycles. The van der Waals surface area contributed by atoms with E-state index in [1.165, 1.54) is 0 Å². The summed E-state index contributed by atoms with van der Waals surface area (Å²) in [6, 6.07) is 12.7. The van der Waals surface area contributed by atoms with E-state index in [9.17, 15) is 4.79 Å². The van der Waals surface area contributed by atoms with Crippen LogP contribution in [0.25, 0.3) is 11.3 Å². The van der Waals surface area contributed by atoms with Crippen LogP contribution in [0.15, 0.2) is 42.5 Å². The summed E-state index contributed by atoms with van der Waals surface area (Å²) < 4.78 is 16.3. The SMILES string of the molecule is COc1ccc(OCc2cc(-c3n[nH]nc3C(N)=O)ccc2OC)cc1. The van der Waals surface area contributed by atoms with E-state index in [0.29, 0.717) is 22.8 Å². The molecule has 3 aromatic rings. The van der Waals surface area contributed by atoms with Gasteiger partial charge in [0.25, 0.3) is 5.91 Å². The molecule has 0 aliphatic carbocycles. The van der Waals surface area contributed by atoms with Gasteiger partial charge >= 0.3 is 0 Å². The number of methoxy groups -OCH3 is 2. The average Bonchev–Trinajstić information content (AvgIpc) is 3.16. The van der Waals surface area contributed by atoms with E-state index in [0.717, 1.165) is 11.3 Å². The van der Waals surface area contributed by atoms with E-state index in [1.54, 1.807) is 26.4 Å². The van der Waals surface area contributed by atoms with E-state index in [4.69, 9.17) is 19.9 Å². The van der Waals surface area contributed by atoms with Gasteiger partial charge in [-0.2, -0.15) is 15.4 Å². The van der Waals surface area contributed by atoms with Gasteiger partial charge in [-0.05, 0) is 42.5 Å². The van der Waals surface area contributed by atoms with Gasteiger partial charge in [0.1, 0.15) is 29.5 Å². The lowest BCUT2D eigenvalue weighted by Crippen LogP contribution is -2.12. The number of H-pyrrole nitrogens is 1. The summed E-state index contributed by atoms with van der Waals surface area (Å²) in [5.74, 6) is 1.45. The second-order valence-corrected chi connectivity index (χ2v) is 5.38. The molecule has 0 saturated heterocycles. The van der Waals surface area contributed by atoms with Gasteiger partial charge < -0.3 is 19.9 Å². The van der Waals surface area contributed by atoms with E-state index in [1.807, 2.05) is 30.3 Å². The number of ether oxygens (including phenoxy) is 3. The zero-order valence-corrected chi connectivity index (χ0v) is 14.4. The minimum absolute atomic E-state index is 0.0807. The number of primary amides is 1. The van der Waals surface area contributed by atoms with E-state index in [-0.39, 0.29) is 12.3 Å². The summed E-state index contributed by atoms with van der Waals surface area (Å²) in [4.78, 5) is 11.5. The minimum Gasteiger partial charge on any atom is -0.497 e. The van der Waals surface area contributed by atoms with Gasteiger partial charge in [-0.3, -0.25) is 4.79 Å². The lowest BCUT2D eigenvalue weighted by Gasteiger charge is -2.12. The third kappa shape index (κ3) is 3.59. The van der Waals surface area contributed by atoms with Gasteiger partial charge in [0.2, 0.25) is 0 Å². The highest BCUT2D eigenvalue weighted by atomic mass is 16.5. The van der Waals surface area contributed by atoms with Crippen LogP contribution in [0, 0.1) is 0 Å². The number of aromatic amines is 1. The number of carbonyl (C=O) groups is 1. The standard InChI is InChI=1S/C18H18N4O4/c1-24-13-4-6-14(7-5-13)26-10-12-9-11(3-8-15(12)25-2)16-17(18(19)23)21-22-20-16/h3-9H,10H2,1-2H3,(H2,19,23)(H,20,21,22). The molecule has 0 unspecified atom stereocenters. The molecule has 134 valence electrons. The number of hydrogen-bond acceptors (Lipinski definition) is 6. The third-order valence-corrected chi connectivity index (χ3v) is 3.79. The first-order valence-electron chi connectivity index (χ1n) is 7.77. The van der Waals surface area contributed by atoms with Gasteiger partial charge in [-0.15, -0.1) is 0 Å². The summed E-state index contributed by atoms with van der Waals surface area (Å²) in [5, 5.41) is 10.2. The fourth-order valence-corrected chi connectivity index (χ4v) is 2.48. The average molecular weight is 354 g/mol. The number of amides is 1. The monoisotopic (exact) mass is 354 g/mol. The van der Waals surface area contributed by atoms with Gasteiger partial charge in [0, 0.05) is 11.1 Å². The van der Waals surface area contributed by atoms with Crippen molar-refractivity contribution in [3.8, 4) is 28.5 Å². The highest BCUT2D eigenvalue weighted by Gasteiger charge is 2.17. The lowest BCUT2D eigenvalue weighted by atomic mass is 10.1. The highest BCUT2D eigenvalue weighted by Crippen LogP contribution is 2.28. The molecule has 26 heavy (non-hydrogen) atoms. The van der Waals surface area contributed by atoms with Crippen LogP contribution in [0.1, 0.15) is 16.1 Å². The first-order chi connectivity index (χ1) is 12.6. The van der Waals surface area contributed by atoms with Gasteiger partial charge in [0.05, 0.1) is 14.2 Å². The number of benzene rings is 2. The Labute approximate surface area is 149 Å². The normalized spacial score (nSPS) is 10.4. The quantitative estimate of drug-likeness (QED) is 0.672. The minimum atomic E-state index is -0.652. The predicted molar refractivity (Wildman–Crippen MR) is 94.2 cm³/mol. The zero-order chi connectivity index (χ0) is 18.5. The van der Waals surface area contributed by atoms with Crippen LogP contribution in [0.3, 0.4) is 0 Å². The van der Waals surface area contributed by atoms with Crippen molar-refractivity contribution >= 4 is 5.91 Å². The number of aromatic nitrogens is 3. The van der Waals surface area contributed by atoms with Gasteiger partial charge in [-0.25, -0.2) is 0 Å². The smallest absolute Gasteiger partial charge is 0.271 e. The third-order valence-electron chi connectivity index (χ3n) is 3.79. The molecule has 0 radical (unpaired) electrons. The van der Waals surface area contributed by atoms with Crippen LogP contribution in [0.2, 0.25) is 0 Å². The topological polar surface area (TPSA) is 112 Å². The Balaban J connectivity index is 1.85.